The van der Waals surface area contributed by atoms with Gasteiger partial charge in [0.25, 0.3) is 0 Å². The number of methoxy groups -OCH3 is 1. The summed E-state index contributed by atoms with van der Waals surface area (Å²) in [6.07, 6.45) is 0. The average molecular weight is 451 g/mol. The van der Waals surface area contributed by atoms with E-state index < -0.39 is 5.54 Å². The normalized spacial score (nSPS) is 17.4. The fraction of sp³-hybridized carbons (Fsp3) is 0.200. The molecule has 0 saturated heterocycles. The van der Waals surface area contributed by atoms with Gasteiger partial charge in [0, 0.05) is 19.3 Å². The van der Waals surface area contributed by atoms with Gasteiger partial charge in [0.05, 0.1) is 31.7 Å². The second-order valence-corrected chi connectivity index (χ2v) is 8.75. The lowest BCUT2D eigenvalue weighted by Gasteiger charge is -2.52. The van der Waals surface area contributed by atoms with Gasteiger partial charge in [0.15, 0.2) is 0 Å². The average Bonchev–Trinajstić information content (AvgIpc) is 2.90. The van der Waals surface area contributed by atoms with Crippen LogP contribution < -0.4 is 14.5 Å². The smallest absolute Gasteiger partial charge is 0.119 e. The van der Waals surface area contributed by atoms with Gasteiger partial charge >= 0.3 is 0 Å². The van der Waals surface area contributed by atoms with Gasteiger partial charge in [-0.15, -0.1) is 0 Å². The molecular formula is C30H30N2O2. The third-order valence-corrected chi connectivity index (χ3v) is 6.55. The fourth-order valence-corrected chi connectivity index (χ4v) is 4.95. The quantitative estimate of drug-likeness (QED) is 0.325. The second kappa shape index (κ2) is 9.62. The highest BCUT2D eigenvalue weighted by Crippen LogP contribution is 2.48. The van der Waals surface area contributed by atoms with Gasteiger partial charge in [-0.2, -0.15) is 0 Å². The number of likely N-dealkylation sites (N-methyl/N-ethyl adjacent to an activating group) is 1. The molecule has 34 heavy (non-hydrogen) atoms. The molecule has 172 valence electrons. The molecular weight excluding hydrogens is 420 g/mol. The predicted octanol–water partition coefficient (Wildman–Crippen LogP) is 6.40. The number of nitrogens with zero attached hydrogens (tertiary/aromatic N) is 2. The van der Waals surface area contributed by atoms with Crippen LogP contribution in [-0.4, -0.2) is 27.3 Å². The molecule has 1 atom stereocenters. The summed E-state index contributed by atoms with van der Waals surface area (Å²) in [5.41, 5.74) is 5.44. The van der Waals surface area contributed by atoms with Crippen molar-refractivity contribution in [2.24, 2.45) is 0 Å². The number of rotatable bonds is 7. The molecule has 0 bridgehead atoms. The zero-order chi connectivity index (χ0) is 23.4. The molecule has 0 aliphatic carbocycles. The summed E-state index contributed by atoms with van der Waals surface area (Å²) >= 11 is 0. The summed E-state index contributed by atoms with van der Waals surface area (Å²) in [5.74, 6) is 0.844. The Hall–Kier alpha value is -3.76. The monoisotopic (exact) mass is 450 g/mol. The third kappa shape index (κ3) is 4.13. The number of benzene rings is 4. The van der Waals surface area contributed by atoms with Crippen molar-refractivity contribution in [1.82, 2.24) is 0 Å². The van der Waals surface area contributed by atoms with E-state index in [2.05, 4.69) is 108 Å². The van der Waals surface area contributed by atoms with Crippen molar-refractivity contribution in [1.29, 1.82) is 0 Å². The molecule has 4 nitrogen and oxygen atoms in total. The molecule has 0 fully saturated rings. The lowest BCUT2D eigenvalue weighted by Crippen LogP contribution is -2.57. The third-order valence-electron chi connectivity index (χ3n) is 6.55. The first-order chi connectivity index (χ1) is 16.7. The van der Waals surface area contributed by atoms with Crippen LogP contribution in [0.4, 0.5) is 17.1 Å². The van der Waals surface area contributed by atoms with Crippen LogP contribution in [0.3, 0.4) is 0 Å². The van der Waals surface area contributed by atoms with Crippen molar-refractivity contribution < 1.29 is 9.47 Å². The van der Waals surface area contributed by atoms with E-state index >= 15 is 0 Å². The Labute approximate surface area is 202 Å². The zero-order valence-electron chi connectivity index (χ0n) is 19.7. The summed E-state index contributed by atoms with van der Waals surface area (Å²) in [6, 6.07) is 38.0. The standard InChI is InChI=1S/C30H30N2O2/c1-31-22-30(25-13-7-4-8-14-25,23-34-21-24-11-5-3-6-12-24)32(29-16-10-9-15-28(29)31)26-17-19-27(33-2)20-18-26/h3-20H,21-23H2,1-2H3/t30-/m0/s1. The molecule has 0 saturated carbocycles. The summed E-state index contributed by atoms with van der Waals surface area (Å²) in [5, 5.41) is 0. The Morgan fingerprint density at radius 2 is 1.35 bits per heavy atom. The van der Waals surface area contributed by atoms with Crippen molar-refractivity contribution in [2.45, 2.75) is 12.1 Å². The first-order valence-corrected chi connectivity index (χ1v) is 11.6. The minimum Gasteiger partial charge on any atom is -0.497 e. The summed E-state index contributed by atoms with van der Waals surface area (Å²) < 4.78 is 11.9. The van der Waals surface area contributed by atoms with E-state index in [0.717, 1.165) is 23.7 Å². The van der Waals surface area contributed by atoms with Crippen LogP contribution in [0.1, 0.15) is 11.1 Å². The van der Waals surface area contributed by atoms with Crippen molar-refractivity contribution >= 4 is 17.1 Å². The van der Waals surface area contributed by atoms with Crippen LogP contribution >= 0.6 is 0 Å². The number of hydrogen-bond acceptors (Lipinski definition) is 4. The Balaban J connectivity index is 1.63. The minimum atomic E-state index is -0.423. The van der Waals surface area contributed by atoms with E-state index in [-0.39, 0.29) is 0 Å². The van der Waals surface area contributed by atoms with Crippen LogP contribution in [0.25, 0.3) is 0 Å². The topological polar surface area (TPSA) is 24.9 Å². The van der Waals surface area contributed by atoms with Gasteiger partial charge in [-0.3, -0.25) is 0 Å². The molecule has 4 heteroatoms. The van der Waals surface area contributed by atoms with E-state index in [1.54, 1.807) is 7.11 Å². The predicted molar refractivity (Wildman–Crippen MR) is 139 cm³/mol. The molecule has 0 aromatic heterocycles. The number of hydrogen-bond donors (Lipinski definition) is 0. The number of fused-ring (bicyclic) bond motifs is 1. The van der Waals surface area contributed by atoms with Gasteiger partial charge in [-0.25, -0.2) is 0 Å². The maximum Gasteiger partial charge on any atom is 0.119 e. The van der Waals surface area contributed by atoms with Crippen molar-refractivity contribution in [3.8, 4) is 5.75 Å². The molecule has 0 amide bonds. The van der Waals surface area contributed by atoms with E-state index in [1.807, 2.05) is 18.2 Å². The van der Waals surface area contributed by atoms with Crippen molar-refractivity contribution in [3.63, 3.8) is 0 Å². The molecule has 4 aromatic carbocycles. The van der Waals surface area contributed by atoms with Crippen LogP contribution in [0.5, 0.6) is 5.75 Å². The lowest BCUT2D eigenvalue weighted by molar-refractivity contribution is 0.0732. The van der Waals surface area contributed by atoms with E-state index in [0.29, 0.717) is 13.2 Å². The molecule has 5 rings (SSSR count). The Kier molecular flexibility index (Phi) is 6.24. The Morgan fingerprint density at radius 3 is 2.03 bits per heavy atom. The maximum absolute atomic E-state index is 6.48. The largest absolute Gasteiger partial charge is 0.497 e. The fourth-order valence-electron chi connectivity index (χ4n) is 4.95. The zero-order valence-corrected chi connectivity index (χ0v) is 19.7. The van der Waals surface area contributed by atoms with Gasteiger partial charge in [0.1, 0.15) is 11.3 Å². The summed E-state index contributed by atoms with van der Waals surface area (Å²) in [6.45, 7) is 1.89. The lowest BCUT2D eigenvalue weighted by atomic mass is 9.84. The first-order valence-electron chi connectivity index (χ1n) is 11.6. The van der Waals surface area contributed by atoms with Crippen molar-refractivity contribution in [2.75, 3.05) is 37.1 Å². The Bertz CT molecular complexity index is 1210. The Morgan fingerprint density at radius 1 is 0.735 bits per heavy atom. The number of ether oxygens (including phenoxy) is 2. The highest BCUT2D eigenvalue weighted by atomic mass is 16.5. The molecule has 1 heterocycles. The SMILES string of the molecule is COc1ccc(N2c3ccccc3N(C)C[C@]2(COCc2ccccc2)c2ccccc2)cc1. The highest BCUT2D eigenvalue weighted by molar-refractivity contribution is 5.82. The van der Waals surface area contributed by atoms with Gasteiger partial charge in [-0.1, -0.05) is 72.8 Å². The minimum absolute atomic E-state index is 0.423. The van der Waals surface area contributed by atoms with Gasteiger partial charge < -0.3 is 19.3 Å². The maximum atomic E-state index is 6.48. The molecule has 4 aromatic rings. The van der Waals surface area contributed by atoms with E-state index in [4.69, 9.17) is 9.47 Å². The molecule has 0 radical (unpaired) electrons. The van der Waals surface area contributed by atoms with Gasteiger partial charge in [0.2, 0.25) is 0 Å². The molecule has 1 aliphatic rings. The molecule has 0 unspecified atom stereocenters. The summed E-state index contributed by atoms with van der Waals surface area (Å²) in [4.78, 5) is 4.79. The molecule has 0 spiro atoms. The van der Waals surface area contributed by atoms with Crippen LogP contribution in [-0.2, 0) is 16.9 Å². The molecule has 1 aliphatic heterocycles. The first kappa shape index (κ1) is 22.1. The van der Waals surface area contributed by atoms with E-state index in [9.17, 15) is 0 Å². The second-order valence-electron chi connectivity index (χ2n) is 8.75. The summed E-state index contributed by atoms with van der Waals surface area (Å²) in [7, 11) is 3.87. The van der Waals surface area contributed by atoms with Crippen LogP contribution in [0.15, 0.2) is 109 Å². The molecule has 0 N–H and O–H groups in total. The van der Waals surface area contributed by atoms with Gasteiger partial charge in [-0.05, 0) is 47.5 Å². The van der Waals surface area contributed by atoms with Crippen LogP contribution in [0.2, 0.25) is 0 Å². The number of anilines is 3. The van der Waals surface area contributed by atoms with Crippen LogP contribution in [0, 0.1) is 0 Å². The van der Waals surface area contributed by atoms with Crippen molar-refractivity contribution in [3.05, 3.63) is 120 Å². The highest BCUT2D eigenvalue weighted by Gasteiger charge is 2.45. The van der Waals surface area contributed by atoms with E-state index in [1.165, 1.54) is 16.8 Å². The number of para-hydroxylation sites is 2.